The zero-order chi connectivity index (χ0) is 20.9. The number of anilines is 2. The molecule has 0 atom stereocenters. The van der Waals surface area contributed by atoms with Crippen molar-refractivity contribution in [3.05, 3.63) is 76.0 Å². The van der Waals surface area contributed by atoms with E-state index < -0.39 is 0 Å². The van der Waals surface area contributed by atoms with Gasteiger partial charge in [0.2, 0.25) is 5.91 Å². The summed E-state index contributed by atoms with van der Waals surface area (Å²) in [4.78, 5) is 21.4. The van der Waals surface area contributed by atoms with Crippen LogP contribution in [-0.2, 0) is 17.8 Å². The highest BCUT2D eigenvalue weighted by Gasteiger charge is 2.20. The van der Waals surface area contributed by atoms with Gasteiger partial charge in [-0.3, -0.25) is 9.69 Å². The van der Waals surface area contributed by atoms with E-state index in [-0.39, 0.29) is 18.1 Å². The summed E-state index contributed by atoms with van der Waals surface area (Å²) in [5, 5.41) is 5.80. The van der Waals surface area contributed by atoms with E-state index in [1.165, 1.54) is 17.4 Å². The molecule has 30 heavy (non-hydrogen) atoms. The Hall–Kier alpha value is -2.77. The topological polar surface area (TPSA) is 48.5 Å². The summed E-state index contributed by atoms with van der Waals surface area (Å²) < 4.78 is 14.0. The van der Waals surface area contributed by atoms with Crippen LogP contribution in [0.25, 0.3) is 0 Å². The first-order chi connectivity index (χ1) is 14.6. The van der Waals surface area contributed by atoms with Gasteiger partial charge in [0.15, 0.2) is 0 Å². The number of rotatable bonds is 6. The molecule has 5 nitrogen and oxygen atoms in total. The predicted molar refractivity (Wildman–Crippen MR) is 120 cm³/mol. The molecule has 156 valence electrons. The van der Waals surface area contributed by atoms with Crippen molar-refractivity contribution in [3.8, 4) is 0 Å². The molecule has 4 rings (SSSR count). The Kier molecular flexibility index (Phi) is 6.40. The number of thiazole rings is 1. The summed E-state index contributed by atoms with van der Waals surface area (Å²) in [7, 11) is 0. The molecule has 1 aliphatic heterocycles. The van der Waals surface area contributed by atoms with Crippen molar-refractivity contribution in [2.75, 3.05) is 36.4 Å². The number of para-hydroxylation sites is 2. The van der Waals surface area contributed by atoms with Gasteiger partial charge in [-0.1, -0.05) is 30.3 Å². The maximum atomic E-state index is 14.0. The van der Waals surface area contributed by atoms with Gasteiger partial charge in [-0.2, -0.15) is 0 Å². The third-order valence-corrected chi connectivity index (χ3v) is 6.18. The Morgan fingerprint density at radius 3 is 2.60 bits per heavy atom. The molecule has 2 aromatic carbocycles. The first-order valence-corrected chi connectivity index (χ1v) is 11.0. The number of carbonyl (C=O) groups excluding carboxylic acids is 1. The fraction of sp³-hybridized carbons (Fsp3) is 0.304. The van der Waals surface area contributed by atoms with Crippen molar-refractivity contribution in [1.82, 2.24) is 9.88 Å². The van der Waals surface area contributed by atoms with Crippen molar-refractivity contribution in [3.63, 3.8) is 0 Å². The van der Waals surface area contributed by atoms with E-state index in [1.807, 2.05) is 48.7 Å². The first kappa shape index (κ1) is 20.5. The van der Waals surface area contributed by atoms with Crippen molar-refractivity contribution < 1.29 is 9.18 Å². The molecule has 0 aliphatic carbocycles. The number of benzene rings is 2. The summed E-state index contributed by atoms with van der Waals surface area (Å²) in [5.41, 5.74) is 3.54. The minimum Gasteiger partial charge on any atom is -0.367 e. The zero-order valence-corrected chi connectivity index (χ0v) is 17.8. The minimum absolute atomic E-state index is 0.0521. The fourth-order valence-corrected chi connectivity index (χ4v) is 4.42. The zero-order valence-electron chi connectivity index (χ0n) is 17.0. The van der Waals surface area contributed by atoms with Gasteiger partial charge in [-0.25, -0.2) is 9.37 Å². The second-order valence-corrected chi connectivity index (χ2v) is 8.43. The van der Waals surface area contributed by atoms with Crippen LogP contribution in [0, 0.1) is 12.7 Å². The number of hydrogen-bond acceptors (Lipinski definition) is 5. The number of aryl methyl sites for hydroxylation is 1. The molecule has 0 spiro atoms. The summed E-state index contributed by atoms with van der Waals surface area (Å²) in [6.45, 7) is 6.02. The van der Waals surface area contributed by atoms with Crippen molar-refractivity contribution in [2.24, 2.45) is 0 Å². The van der Waals surface area contributed by atoms with Gasteiger partial charge >= 0.3 is 0 Å². The van der Waals surface area contributed by atoms with Crippen LogP contribution in [0.15, 0.2) is 53.9 Å². The molecule has 0 saturated carbocycles. The van der Waals surface area contributed by atoms with Crippen LogP contribution in [0.2, 0.25) is 0 Å². The molecule has 0 bridgehead atoms. The second-order valence-electron chi connectivity index (χ2n) is 7.49. The van der Waals surface area contributed by atoms with E-state index in [2.05, 4.69) is 20.1 Å². The lowest BCUT2D eigenvalue weighted by Gasteiger charge is -2.35. The van der Waals surface area contributed by atoms with Gasteiger partial charge in [0.25, 0.3) is 0 Å². The average molecular weight is 425 g/mol. The number of carbonyl (C=O) groups is 1. The lowest BCUT2D eigenvalue weighted by molar-refractivity contribution is -0.115. The highest BCUT2D eigenvalue weighted by atomic mass is 32.1. The summed E-state index contributed by atoms with van der Waals surface area (Å²) in [5.74, 6) is -0.220. The van der Waals surface area contributed by atoms with Gasteiger partial charge in [0.05, 0.1) is 17.8 Å². The quantitative estimate of drug-likeness (QED) is 0.647. The Morgan fingerprint density at radius 2 is 1.83 bits per heavy atom. The molecule has 2 heterocycles. The molecule has 0 radical (unpaired) electrons. The molecule has 1 amide bonds. The number of nitrogens with zero attached hydrogens (tertiary/aromatic N) is 3. The number of halogens is 1. The van der Waals surface area contributed by atoms with Gasteiger partial charge in [-0.15, -0.1) is 11.3 Å². The molecule has 1 fully saturated rings. The molecular formula is C23H25FN4OS. The summed E-state index contributed by atoms with van der Waals surface area (Å²) >= 11 is 1.52. The SMILES string of the molecule is Cc1ccccc1NC(=O)Cc1nc(CN2CCN(c3ccccc3F)CC2)cs1. The molecule has 0 unspecified atom stereocenters. The molecule has 7 heteroatoms. The third-order valence-electron chi connectivity index (χ3n) is 5.28. The number of nitrogens with one attached hydrogen (secondary N) is 1. The van der Waals surface area contributed by atoms with Crippen molar-refractivity contribution in [1.29, 1.82) is 0 Å². The normalized spacial score (nSPS) is 14.7. The summed E-state index contributed by atoms with van der Waals surface area (Å²) in [6.07, 6.45) is 0.278. The number of piperazine rings is 1. The second kappa shape index (κ2) is 9.36. The predicted octanol–water partition coefficient (Wildman–Crippen LogP) is 4.09. The standard InChI is InChI=1S/C23H25FN4OS/c1-17-6-2-4-8-20(17)26-22(29)14-23-25-18(16-30-23)15-27-10-12-28(13-11-27)21-9-5-3-7-19(21)24/h2-9,16H,10-15H2,1H3,(H,26,29). The van der Waals surface area contributed by atoms with E-state index in [4.69, 9.17) is 0 Å². The van der Waals surface area contributed by atoms with Crippen LogP contribution in [0.5, 0.6) is 0 Å². The number of hydrogen-bond donors (Lipinski definition) is 1. The highest BCUT2D eigenvalue weighted by molar-refractivity contribution is 7.09. The van der Waals surface area contributed by atoms with E-state index in [9.17, 15) is 9.18 Å². The van der Waals surface area contributed by atoms with Crippen LogP contribution < -0.4 is 10.2 Å². The van der Waals surface area contributed by atoms with E-state index in [0.717, 1.165) is 54.7 Å². The maximum Gasteiger partial charge on any atom is 0.231 e. The van der Waals surface area contributed by atoms with E-state index >= 15 is 0 Å². The lowest BCUT2D eigenvalue weighted by atomic mass is 10.2. The Balaban J connectivity index is 1.27. The maximum absolute atomic E-state index is 14.0. The number of aromatic nitrogens is 1. The summed E-state index contributed by atoms with van der Waals surface area (Å²) in [6, 6.07) is 14.7. The first-order valence-electron chi connectivity index (χ1n) is 10.1. The van der Waals surface area contributed by atoms with Crippen LogP contribution in [0.1, 0.15) is 16.3 Å². The van der Waals surface area contributed by atoms with Gasteiger partial charge in [-0.05, 0) is 30.7 Å². The minimum atomic E-state index is -0.168. The van der Waals surface area contributed by atoms with Gasteiger partial charge in [0.1, 0.15) is 10.8 Å². The Morgan fingerprint density at radius 1 is 1.10 bits per heavy atom. The van der Waals surface area contributed by atoms with Crippen LogP contribution in [0.3, 0.4) is 0 Å². The van der Waals surface area contributed by atoms with Crippen LogP contribution >= 0.6 is 11.3 Å². The largest absolute Gasteiger partial charge is 0.367 e. The van der Waals surface area contributed by atoms with E-state index in [1.54, 1.807) is 6.07 Å². The lowest BCUT2D eigenvalue weighted by Crippen LogP contribution is -2.46. The molecule has 3 aromatic rings. The van der Waals surface area contributed by atoms with Crippen molar-refractivity contribution in [2.45, 2.75) is 19.9 Å². The smallest absolute Gasteiger partial charge is 0.231 e. The van der Waals surface area contributed by atoms with Crippen LogP contribution in [-0.4, -0.2) is 42.0 Å². The third kappa shape index (κ3) is 5.04. The van der Waals surface area contributed by atoms with Gasteiger partial charge in [0, 0.05) is 43.8 Å². The average Bonchev–Trinajstić information content (AvgIpc) is 3.17. The molecular weight excluding hydrogens is 399 g/mol. The highest BCUT2D eigenvalue weighted by Crippen LogP contribution is 2.21. The van der Waals surface area contributed by atoms with Crippen LogP contribution in [0.4, 0.5) is 15.8 Å². The molecule has 1 aromatic heterocycles. The molecule has 1 N–H and O–H groups in total. The molecule has 1 aliphatic rings. The van der Waals surface area contributed by atoms with Gasteiger partial charge < -0.3 is 10.2 Å². The molecule has 1 saturated heterocycles. The fourth-order valence-electron chi connectivity index (χ4n) is 3.63. The number of amides is 1. The van der Waals surface area contributed by atoms with E-state index in [0.29, 0.717) is 5.69 Å². The Labute approximate surface area is 180 Å². The van der Waals surface area contributed by atoms with Crippen molar-refractivity contribution >= 4 is 28.6 Å². The Bertz CT molecular complexity index is 1010. The monoisotopic (exact) mass is 424 g/mol.